The van der Waals surface area contributed by atoms with E-state index in [1.165, 1.54) is 6.07 Å². The molecule has 0 unspecified atom stereocenters. The van der Waals surface area contributed by atoms with Gasteiger partial charge >= 0.3 is 0 Å². The first-order chi connectivity index (χ1) is 11.6. The number of guanidine groups is 1. The predicted octanol–water partition coefficient (Wildman–Crippen LogP) is 0.543. The molecule has 10 heteroatoms. The molecule has 5 N–H and O–H groups in total. The Balaban J connectivity index is 2.66. The van der Waals surface area contributed by atoms with E-state index in [0.29, 0.717) is 23.6 Å². The van der Waals surface area contributed by atoms with Gasteiger partial charge < -0.3 is 21.4 Å². The zero-order valence-electron chi connectivity index (χ0n) is 14.1. The number of carbonyl (C=O) groups is 1. The molecule has 0 aliphatic carbocycles. The molecule has 0 aliphatic heterocycles. The monoisotopic (exact) mass is 364 g/mol. The van der Waals surface area contributed by atoms with Crippen LogP contribution in [0.1, 0.15) is 22.8 Å². The summed E-state index contributed by atoms with van der Waals surface area (Å²) in [5.74, 6) is -0.608. The van der Waals surface area contributed by atoms with Crippen LogP contribution in [0.2, 0.25) is 0 Å². The number of nitrogens with zero attached hydrogens (tertiary/aromatic N) is 3. The molecule has 1 aromatic heterocycles. The molecule has 25 heavy (non-hydrogen) atoms. The molecule has 0 fully saturated rings. The number of aliphatic imine (C=N–C) groups is 1. The van der Waals surface area contributed by atoms with Crippen molar-refractivity contribution in [3.05, 3.63) is 35.7 Å². The molecule has 2 aromatic rings. The lowest BCUT2D eigenvalue weighted by molar-refractivity contribution is 0.100. The zero-order chi connectivity index (χ0) is 18.8. The number of aromatic nitrogens is 2. The van der Waals surface area contributed by atoms with E-state index in [-0.39, 0.29) is 16.4 Å². The second-order valence-electron chi connectivity index (χ2n) is 5.46. The van der Waals surface area contributed by atoms with E-state index in [1.807, 2.05) is 6.92 Å². The van der Waals surface area contributed by atoms with Crippen molar-refractivity contribution < 1.29 is 13.2 Å². The molecule has 0 aliphatic rings. The number of amides is 1. The number of aryl methyl sites for hydroxylation is 2. The first kappa shape index (κ1) is 18.5. The normalized spacial score (nSPS) is 11.2. The quantitative estimate of drug-likeness (QED) is 0.518. The summed E-state index contributed by atoms with van der Waals surface area (Å²) in [6.45, 7) is 1.84. The van der Waals surface area contributed by atoms with E-state index in [9.17, 15) is 13.2 Å². The lowest BCUT2D eigenvalue weighted by Gasteiger charge is -2.15. The molecule has 1 heterocycles. The maximum atomic E-state index is 12.2. The van der Waals surface area contributed by atoms with E-state index in [0.717, 1.165) is 6.26 Å². The fraction of sp³-hybridized carbons (Fsp3) is 0.267. The summed E-state index contributed by atoms with van der Waals surface area (Å²) in [6.07, 6.45) is 4.85. The number of anilines is 2. The van der Waals surface area contributed by atoms with Gasteiger partial charge in [0.2, 0.25) is 5.95 Å². The third kappa shape index (κ3) is 4.15. The van der Waals surface area contributed by atoms with Crippen molar-refractivity contribution in [2.75, 3.05) is 11.6 Å². The van der Waals surface area contributed by atoms with Gasteiger partial charge in [-0.15, -0.1) is 0 Å². The number of imidazole rings is 1. The SMILES string of the molecule is CCc1cc(Nc2nccn2C)c(S(C)(=O)=O)cc1C(=O)N=C(N)N. The summed E-state index contributed by atoms with van der Waals surface area (Å²) in [5.41, 5.74) is 11.6. The maximum Gasteiger partial charge on any atom is 0.280 e. The molecule has 0 saturated heterocycles. The molecular weight excluding hydrogens is 344 g/mol. The average molecular weight is 364 g/mol. The molecule has 0 radical (unpaired) electrons. The highest BCUT2D eigenvalue weighted by Gasteiger charge is 2.21. The molecule has 9 nitrogen and oxygen atoms in total. The van der Waals surface area contributed by atoms with Crippen molar-refractivity contribution in [1.82, 2.24) is 9.55 Å². The topological polar surface area (TPSA) is 145 Å². The van der Waals surface area contributed by atoms with Crippen LogP contribution >= 0.6 is 0 Å². The number of sulfone groups is 1. The summed E-state index contributed by atoms with van der Waals surface area (Å²) >= 11 is 0. The van der Waals surface area contributed by atoms with E-state index in [4.69, 9.17) is 11.5 Å². The molecular formula is C15H20N6O3S. The largest absolute Gasteiger partial charge is 0.370 e. The van der Waals surface area contributed by atoms with E-state index in [2.05, 4.69) is 15.3 Å². The molecule has 0 atom stereocenters. The Kier molecular flexibility index (Phi) is 5.12. The fourth-order valence-corrected chi connectivity index (χ4v) is 3.15. The average Bonchev–Trinajstić information content (AvgIpc) is 2.90. The minimum atomic E-state index is -3.62. The summed E-state index contributed by atoms with van der Waals surface area (Å²) in [7, 11) is -1.85. The van der Waals surface area contributed by atoms with Gasteiger partial charge in [0.1, 0.15) is 0 Å². The Labute approximate surface area is 145 Å². The van der Waals surface area contributed by atoms with Gasteiger partial charge in [-0.3, -0.25) is 4.79 Å². The minimum absolute atomic E-state index is 0.0400. The van der Waals surface area contributed by atoms with Crippen LogP contribution in [0, 0.1) is 0 Å². The lowest BCUT2D eigenvalue weighted by atomic mass is 10.0. The van der Waals surface area contributed by atoms with Gasteiger partial charge in [0.25, 0.3) is 5.91 Å². The van der Waals surface area contributed by atoms with Gasteiger partial charge in [0, 0.05) is 31.3 Å². The van der Waals surface area contributed by atoms with Gasteiger partial charge in [-0.05, 0) is 24.1 Å². The number of nitrogens with two attached hydrogens (primary N) is 2. The zero-order valence-corrected chi connectivity index (χ0v) is 15.0. The fourth-order valence-electron chi connectivity index (χ4n) is 2.30. The number of hydrogen-bond donors (Lipinski definition) is 3. The predicted molar refractivity (Wildman–Crippen MR) is 95.6 cm³/mol. The van der Waals surface area contributed by atoms with Gasteiger partial charge in [-0.1, -0.05) is 6.92 Å². The molecule has 0 bridgehead atoms. The summed E-state index contributed by atoms with van der Waals surface area (Å²) in [6, 6.07) is 2.88. The molecule has 0 saturated carbocycles. The number of benzene rings is 1. The molecule has 1 aromatic carbocycles. The van der Waals surface area contributed by atoms with Crippen molar-refractivity contribution in [2.24, 2.45) is 23.5 Å². The molecule has 0 spiro atoms. The van der Waals surface area contributed by atoms with Crippen LogP contribution in [0.5, 0.6) is 0 Å². The third-order valence-electron chi connectivity index (χ3n) is 3.51. The highest BCUT2D eigenvalue weighted by Crippen LogP contribution is 2.29. The van der Waals surface area contributed by atoms with Crippen molar-refractivity contribution >= 4 is 33.3 Å². The summed E-state index contributed by atoms with van der Waals surface area (Å²) in [4.78, 5) is 19.8. The van der Waals surface area contributed by atoms with Gasteiger partial charge in [0.15, 0.2) is 15.8 Å². The van der Waals surface area contributed by atoms with E-state index < -0.39 is 15.7 Å². The number of carbonyl (C=O) groups excluding carboxylic acids is 1. The summed E-state index contributed by atoms with van der Waals surface area (Å²) in [5, 5.41) is 2.99. The van der Waals surface area contributed by atoms with Crippen molar-refractivity contribution in [3.63, 3.8) is 0 Å². The van der Waals surface area contributed by atoms with Gasteiger partial charge in [0.05, 0.1) is 10.6 Å². The van der Waals surface area contributed by atoms with Gasteiger partial charge in [-0.25, -0.2) is 13.4 Å². The highest BCUT2D eigenvalue weighted by molar-refractivity contribution is 7.90. The molecule has 134 valence electrons. The highest BCUT2D eigenvalue weighted by atomic mass is 32.2. The molecule has 1 amide bonds. The third-order valence-corrected chi connectivity index (χ3v) is 4.65. The number of rotatable bonds is 5. The Bertz CT molecular complexity index is 942. The van der Waals surface area contributed by atoms with Gasteiger partial charge in [-0.2, -0.15) is 4.99 Å². The Morgan fingerprint density at radius 2 is 2.04 bits per heavy atom. The van der Waals surface area contributed by atoms with E-state index >= 15 is 0 Å². The first-order valence-corrected chi connectivity index (χ1v) is 9.28. The van der Waals surface area contributed by atoms with Crippen LogP contribution in [0.4, 0.5) is 11.6 Å². The van der Waals surface area contributed by atoms with E-state index in [1.54, 1.807) is 30.1 Å². The van der Waals surface area contributed by atoms with Crippen LogP contribution in [0.3, 0.4) is 0 Å². The van der Waals surface area contributed by atoms with Crippen molar-refractivity contribution in [1.29, 1.82) is 0 Å². The molecule has 2 rings (SSSR count). The van der Waals surface area contributed by atoms with Crippen LogP contribution in [0.15, 0.2) is 34.4 Å². The van der Waals surface area contributed by atoms with Crippen LogP contribution in [-0.4, -0.2) is 36.1 Å². The standard InChI is InChI=1S/C15H20N6O3S/c1-4-9-7-11(19-15-18-5-6-21(15)2)12(25(3,23)24)8-10(9)13(22)20-14(16)17/h5-8H,4H2,1-3H3,(H,18,19)(H4,16,17,20,22). The smallest absolute Gasteiger partial charge is 0.280 e. The van der Waals surface area contributed by atoms with Crippen LogP contribution < -0.4 is 16.8 Å². The first-order valence-electron chi connectivity index (χ1n) is 7.38. The maximum absolute atomic E-state index is 12.2. The number of hydrogen-bond acceptors (Lipinski definition) is 5. The Morgan fingerprint density at radius 1 is 1.36 bits per heavy atom. The second kappa shape index (κ2) is 6.93. The Hall–Kier alpha value is -2.88. The van der Waals surface area contributed by atoms with Crippen molar-refractivity contribution in [3.8, 4) is 0 Å². The van der Waals surface area contributed by atoms with Crippen LogP contribution in [-0.2, 0) is 23.3 Å². The Morgan fingerprint density at radius 3 is 2.52 bits per heavy atom. The van der Waals surface area contributed by atoms with Crippen LogP contribution in [0.25, 0.3) is 0 Å². The second-order valence-corrected chi connectivity index (χ2v) is 7.44. The summed E-state index contributed by atoms with van der Waals surface area (Å²) < 4.78 is 26.1. The van der Waals surface area contributed by atoms with Crippen molar-refractivity contribution in [2.45, 2.75) is 18.2 Å². The minimum Gasteiger partial charge on any atom is -0.370 e. The lowest BCUT2D eigenvalue weighted by Crippen LogP contribution is -2.24. The number of nitrogens with one attached hydrogen (secondary N) is 1.